The minimum absolute atomic E-state index is 0.0216. The molecule has 2 aromatic carbocycles. The van der Waals surface area contributed by atoms with E-state index in [9.17, 15) is 4.79 Å². The number of carbonyl (C=O) groups excluding carboxylic acids is 1. The molecule has 25 heavy (non-hydrogen) atoms. The van der Waals surface area contributed by atoms with Crippen molar-refractivity contribution in [2.75, 3.05) is 19.7 Å². The van der Waals surface area contributed by atoms with Crippen LogP contribution in [0.25, 0.3) is 11.3 Å². The molecule has 4 rings (SSSR count). The number of nitrogens with zero attached hydrogens (tertiary/aromatic N) is 2. The number of amides is 1. The molecule has 0 unspecified atom stereocenters. The van der Waals surface area contributed by atoms with E-state index in [4.69, 9.17) is 9.15 Å². The average Bonchev–Trinajstić information content (AvgIpc) is 3.23. The highest BCUT2D eigenvalue weighted by molar-refractivity contribution is 5.94. The molecule has 1 amide bonds. The molecule has 0 N–H and O–H groups in total. The first kappa shape index (κ1) is 15.6. The quantitative estimate of drug-likeness (QED) is 0.735. The Balaban J connectivity index is 1.48. The Morgan fingerprint density at radius 2 is 1.88 bits per heavy atom. The van der Waals surface area contributed by atoms with Gasteiger partial charge in [-0.05, 0) is 17.7 Å². The molecule has 1 aliphatic heterocycles. The van der Waals surface area contributed by atoms with Gasteiger partial charge in [-0.2, -0.15) is 0 Å². The Labute approximate surface area is 145 Å². The van der Waals surface area contributed by atoms with Crippen LogP contribution in [0.5, 0.6) is 0 Å². The molecule has 5 nitrogen and oxygen atoms in total. The number of rotatable bonds is 3. The van der Waals surface area contributed by atoms with Gasteiger partial charge in [0.1, 0.15) is 6.10 Å². The summed E-state index contributed by atoms with van der Waals surface area (Å²) in [5.41, 5.74) is 2.66. The van der Waals surface area contributed by atoms with E-state index in [1.54, 1.807) is 6.20 Å². The molecule has 0 radical (unpaired) electrons. The van der Waals surface area contributed by atoms with Crippen LogP contribution in [0, 0.1) is 0 Å². The van der Waals surface area contributed by atoms with Crippen molar-refractivity contribution in [1.82, 2.24) is 9.88 Å². The maximum absolute atomic E-state index is 12.8. The second kappa shape index (κ2) is 6.91. The first-order valence-corrected chi connectivity index (χ1v) is 8.26. The van der Waals surface area contributed by atoms with Crippen molar-refractivity contribution in [3.63, 3.8) is 0 Å². The molecule has 1 fully saturated rings. The zero-order chi connectivity index (χ0) is 17.1. The van der Waals surface area contributed by atoms with Crippen LogP contribution in [0.15, 0.2) is 71.6 Å². The van der Waals surface area contributed by atoms with E-state index in [2.05, 4.69) is 4.98 Å². The smallest absolute Gasteiger partial charge is 0.254 e. The summed E-state index contributed by atoms with van der Waals surface area (Å²) in [5, 5.41) is 0. The van der Waals surface area contributed by atoms with Gasteiger partial charge in [-0.25, -0.2) is 4.98 Å². The average molecular weight is 334 g/mol. The highest BCUT2D eigenvalue weighted by Gasteiger charge is 2.26. The fraction of sp³-hybridized carbons (Fsp3) is 0.200. The summed E-state index contributed by atoms with van der Waals surface area (Å²) in [6.45, 7) is 1.71. The van der Waals surface area contributed by atoms with Gasteiger partial charge >= 0.3 is 0 Å². The Hall–Kier alpha value is -2.92. The third-order valence-corrected chi connectivity index (χ3v) is 4.37. The third kappa shape index (κ3) is 3.32. The molecule has 1 aliphatic rings. The van der Waals surface area contributed by atoms with E-state index < -0.39 is 0 Å². The minimum Gasteiger partial charge on any atom is -0.444 e. The van der Waals surface area contributed by atoms with Gasteiger partial charge < -0.3 is 14.1 Å². The van der Waals surface area contributed by atoms with Gasteiger partial charge in [0, 0.05) is 17.7 Å². The lowest BCUT2D eigenvalue weighted by molar-refractivity contribution is -0.0228. The second-order valence-electron chi connectivity index (χ2n) is 5.96. The van der Waals surface area contributed by atoms with Crippen molar-refractivity contribution in [3.8, 4) is 11.3 Å². The van der Waals surface area contributed by atoms with E-state index in [0.29, 0.717) is 31.0 Å². The number of ether oxygens (including phenoxy) is 1. The van der Waals surface area contributed by atoms with E-state index in [1.165, 1.54) is 6.39 Å². The second-order valence-corrected chi connectivity index (χ2v) is 5.96. The van der Waals surface area contributed by atoms with Crippen LogP contribution in [-0.4, -0.2) is 35.5 Å². The zero-order valence-corrected chi connectivity index (χ0v) is 13.7. The van der Waals surface area contributed by atoms with Crippen LogP contribution < -0.4 is 0 Å². The van der Waals surface area contributed by atoms with E-state index in [1.807, 2.05) is 59.5 Å². The van der Waals surface area contributed by atoms with E-state index in [0.717, 1.165) is 11.1 Å². The Bertz CT molecular complexity index is 829. The summed E-state index contributed by atoms with van der Waals surface area (Å²) in [6.07, 6.45) is 2.97. The number of morpholine rings is 1. The molecule has 5 heteroatoms. The van der Waals surface area contributed by atoms with Crippen LogP contribution in [-0.2, 0) is 4.74 Å². The maximum atomic E-state index is 12.8. The Morgan fingerprint density at radius 1 is 1.08 bits per heavy atom. The van der Waals surface area contributed by atoms with Crippen LogP contribution in [0.3, 0.4) is 0 Å². The van der Waals surface area contributed by atoms with Gasteiger partial charge in [-0.3, -0.25) is 4.79 Å². The number of hydrogen-bond donors (Lipinski definition) is 0. The first-order valence-electron chi connectivity index (χ1n) is 8.26. The van der Waals surface area contributed by atoms with Gasteiger partial charge in [-0.1, -0.05) is 42.5 Å². The SMILES string of the molecule is O=C(c1ccc(-c2cnco2)cc1)N1CCO[C@H](c2ccccc2)C1. The van der Waals surface area contributed by atoms with Crippen molar-refractivity contribution >= 4 is 5.91 Å². The molecule has 0 bridgehead atoms. The largest absolute Gasteiger partial charge is 0.444 e. The van der Waals surface area contributed by atoms with Gasteiger partial charge in [0.25, 0.3) is 5.91 Å². The summed E-state index contributed by atoms with van der Waals surface area (Å²) in [5.74, 6) is 0.711. The zero-order valence-electron chi connectivity index (χ0n) is 13.7. The Kier molecular flexibility index (Phi) is 4.31. The molecule has 126 valence electrons. The fourth-order valence-electron chi connectivity index (χ4n) is 3.02. The number of carbonyl (C=O) groups is 1. The molecule has 0 spiro atoms. The van der Waals surface area contributed by atoms with Crippen LogP contribution in [0.4, 0.5) is 0 Å². The van der Waals surface area contributed by atoms with Crippen LogP contribution in [0.2, 0.25) is 0 Å². The molecular formula is C20H18N2O3. The molecule has 1 atom stereocenters. The lowest BCUT2D eigenvalue weighted by Gasteiger charge is -2.33. The van der Waals surface area contributed by atoms with Crippen molar-refractivity contribution in [3.05, 3.63) is 78.3 Å². The van der Waals surface area contributed by atoms with Crippen molar-refractivity contribution in [2.24, 2.45) is 0 Å². The molecule has 3 aromatic rings. The number of aromatic nitrogens is 1. The monoisotopic (exact) mass is 334 g/mol. The summed E-state index contributed by atoms with van der Waals surface area (Å²) in [7, 11) is 0. The highest BCUT2D eigenvalue weighted by atomic mass is 16.5. The summed E-state index contributed by atoms with van der Waals surface area (Å²) < 4.78 is 11.1. The Morgan fingerprint density at radius 3 is 2.60 bits per heavy atom. The van der Waals surface area contributed by atoms with Crippen molar-refractivity contribution < 1.29 is 13.9 Å². The highest BCUT2D eigenvalue weighted by Crippen LogP contribution is 2.24. The fourth-order valence-corrected chi connectivity index (χ4v) is 3.02. The van der Waals surface area contributed by atoms with Gasteiger partial charge in [0.2, 0.25) is 0 Å². The van der Waals surface area contributed by atoms with Gasteiger partial charge in [0.15, 0.2) is 12.2 Å². The minimum atomic E-state index is -0.0765. The third-order valence-electron chi connectivity index (χ3n) is 4.37. The normalized spacial score (nSPS) is 17.4. The topological polar surface area (TPSA) is 55.6 Å². The lowest BCUT2D eigenvalue weighted by Crippen LogP contribution is -2.42. The standard InChI is InChI=1S/C20H18N2O3/c23-20(17-8-6-16(7-9-17)18-12-21-14-25-18)22-10-11-24-19(13-22)15-4-2-1-3-5-15/h1-9,12,14,19H,10-11,13H2/t19-/m0/s1. The van der Waals surface area contributed by atoms with Gasteiger partial charge in [-0.15, -0.1) is 0 Å². The van der Waals surface area contributed by atoms with Crippen molar-refractivity contribution in [2.45, 2.75) is 6.10 Å². The number of hydrogen-bond acceptors (Lipinski definition) is 4. The molecule has 1 saturated heterocycles. The number of benzene rings is 2. The summed E-state index contributed by atoms with van der Waals surface area (Å²) in [4.78, 5) is 18.6. The van der Waals surface area contributed by atoms with E-state index >= 15 is 0 Å². The number of oxazole rings is 1. The van der Waals surface area contributed by atoms with Crippen molar-refractivity contribution in [1.29, 1.82) is 0 Å². The molecule has 1 aromatic heterocycles. The summed E-state index contributed by atoms with van der Waals surface area (Å²) >= 11 is 0. The van der Waals surface area contributed by atoms with Gasteiger partial charge in [0.05, 0.1) is 19.3 Å². The first-order chi connectivity index (χ1) is 12.3. The molecule has 2 heterocycles. The van der Waals surface area contributed by atoms with Crippen LogP contribution in [0.1, 0.15) is 22.0 Å². The van der Waals surface area contributed by atoms with E-state index in [-0.39, 0.29) is 12.0 Å². The molecular weight excluding hydrogens is 316 g/mol. The predicted octanol–water partition coefficient (Wildman–Crippen LogP) is 3.56. The van der Waals surface area contributed by atoms with Crippen LogP contribution >= 0.6 is 0 Å². The lowest BCUT2D eigenvalue weighted by atomic mass is 10.1. The molecule has 0 saturated carbocycles. The predicted molar refractivity (Wildman–Crippen MR) is 93.0 cm³/mol. The summed E-state index contributed by atoms with van der Waals surface area (Å²) in [6, 6.07) is 17.4. The molecule has 0 aliphatic carbocycles. The maximum Gasteiger partial charge on any atom is 0.254 e.